The Morgan fingerprint density at radius 3 is 2.61 bits per heavy atom. The minimum Gasteiger partial charge on any atom is -0.450 e. The lowest BCUT2D eigenvalue weighted by atomic mass is 10.0. The van der Waals surface area contributed by atoms with Crippen LogP contribution in [0.15, 0.2) is 41.8 Å². The van der Waals surface area contributed by atoms with Crippen molar-refractivity contribution in [2.45, 2.75) is 19.9 Å². The van der Waals surface area contributed by atoms with E-state index in [1.807, 2.05) is 23.7 Å². The number of rotatable bonds is 6. The largest absolute Gasteiger partial charge is 0.450 e. The van der Waals surface area contributed by atoms with Crippen molar-refractivity contribution in [3.63, 3.8) is 0 Å². The highest BCUT2D eigenvalue weighted by molar-refractivity contribution is 7.10. The van der Waals surface area contributed by atoms with E-state index in [9.17, 15) is 9.59 Å². The maximum absolute atomic E-state index is 11.8. The second-order valence-corrected chi connectivity index (χ2v) is 6.09. The highest BCUT2D eigenvalue weighted by Gasteiger charge is 2.20. The lowest BCUT2D eigenvalue weighted by Gasteiger charge is -2.14. The van der Waals surface area contributed by atoms with E-state index in [0.717, 1.165) is 10.4 Å². The summed E-state index contributed by atoms with van der Waals surface area (Å²) in [5.41, 5.74) is 2.32. The van der Waals surface area contributed by atoms with Gasteiger partial charge in [0.25, 0.3) is 5.91 Å². The lowest BCUT2D eigenvalue weighted by molar-refractivity contribution is -0.676. The van der Waals surface area contributed by atoms with Gasteiger partial charge in [0, 0.05) is 5.56 Å². The lowest BCUT2D eigenvalue weighted by Crippen LogP contribution is -2.87. The summed E-state index contributed by atoms with van der Waals surface area (Å²) in [6.07, 6.45) is -0.700. The Balaban J connectivity index is 2.03. The topological polar surface area (TPSA) is 72.0 Å². The molecule has 1 aromatic carbocycles. The van der Waals surface area contributed by atoms with Crippen molar-refractivity contribution in [2.24, 2.45) is 0 Å². The van der Waals surface area contributed by atoms with E-state index >= 15 is 0 Å². The van der Waals surface area contributed by atoms with Gasteiger partial charge in [0.2, 0.25) is 0 Å². The molecule has 122 valence electrons. The number of imide groups is 1. The van der Waals surface area contributed by atoms with Gasteiger partial charge >= 0.3 is 6.09 Å². The molecule has 0 aliphatic carbocycles. The van der Waals surface area contributed by atoms with E-state index in [1.165, 1.54) is 5.56 Å². The second kappa shape index (κ2) is 8.45. The van der Waals surface area contributed by atoms with Crippen LogP contribution in [0.4, 0.5) is 4.79 Å². The van der Waals surface area contributed by atoms with E-state index in [2.05, 4.69) is 35.6 Å². The van der Waals surface area contributed by atoms with Crippen molar-refractivity contribution < 1.29 is 19.6 Å². The summed E-state index contributed by atoms with van der Waals surface area (Å²) in [6.45, 7) is 4.13. The number of nitrogens with one attached hydrogen (secondary N) is 1. The second-order valence-electron chi connectivity index (χ2n) is 5.11. The molecule has 2 amide bonds. The van der Waals surface area contributed by atoms with Crippen LogP contribution >= 0.6 is 11.3 Å². The van der Waals surface area contributed by atoms with Crippen LogP contribution in [0.5, 0.6) is 0 Å². The molecule has 2 rings (SSSR count). The molecule has 6 heteroatoms. The standard InChI is InChI=1S/C17H20N2O3S/c1-3-22-17(21)19-15(20)11-18-16(14-5-4-10-23-14)13-8-6-12(2)7-9-13/h4-10,16,18H,3,11H2,1-2H3,(H,19,20,21)/p+1/t16-/m0/s1. The summed E-state index contributed by atoms with van der Waals surface area (Å²) in [5, 5.41) is 6.15. The monoisotopic (exact) mass is 333 g/mol. The van der Waals surface area contributed by atoms with Gasteiger partial charge in [0.05, 0.1) is 11.5 Å². The van der Waals surface area contributed by atoms with Gasteiger partial charge in [-0.3, -0.25) is 10.1 Å². The number of hydrogen-bond acceptors (Lipinski definition) is 4. The summed E-state index contributed by atoms with van der Waals surface area (Å²) in [7, 11) is 0. The zero-order valence-corrected chi connectivity index (χ0v) is 14.1. The Labute approximate surface area is 139 Å². The maximum atomic E-state index is 11.8. The van der Waals surface area contributed by atoms with Gasteiger partial charge in [-0.15, -0.1) is 11.3 Å². The zero-order valence-electron chi connectivity index (χ0n) is 13.2. The van der Waals surface area contributed by atoms with Gasteiger partial charge in [-0.2, -0.15) is 0 Å². The fourth-order valence-corrected chi connectivity index (χ4v) is 3.07. The molecule has 1 aromatic heterocycles. The van der Waals surface area contributed by atoms with Crippen LogP contribution in [0.2, 0.25) is 0 Å². The summed E-state index contributed by atoms with van der Waals surface area (Å²) in [5.74, 6) is -0.364. The van der Waals surface area contributed by atoms with Crippen molar-refractivity contribution in [1.29, 1.82) is 0 Å². The predicted octanol–water partition coefficient (Wildman–Crippen LogP) is 1.98. The third kappa shape index (κ3) is 5.19. The van der Waals surface area contributed by atoms with Crippen molar-refractivity contribution in [3.05, 3.63) is 57.8 Å². The predicted molar refractivity (Wildman–Crippen MR) is 89.3 cm³/mol. The average Bonchev–Trinajstić information content (AvgIpc) is 3.03. The number of nitrogens with two attached hydrogens (primary N) is 1. The minimum atomic E-state index is -0.700. The molecule has 0 spiro atoms. The molecule has 0 radical (unpaired) electrons. The molecule has 5 nitrogen and oxygen atoms in total. The molecule has 2 aromatic rings. The molecule has 0 aliphatic heterocycles. The van der Waals surface area contributed by atoms with E-state index < -0.39 is 6.09 Å². The van der Waals surface area contributed by atoms with Crippen molar-refractivity contribution in [1.82, 2.24) is 5.32 Å². The number of alkyl carbamates (subject to hydrolysis) is 1. The first kappa shape index (κ1) is 17.2. The number of amides is 2. The third-order valence-electron chi connectivity index (χ3n) is 3.34. The molecule has 0 aliphatic rings. The quantitative estimate of drug-likeness (QED) is 0.849. The zero-order chi connectivity index (χ0) is 16.7. The van der Waals surface area contributed by atoms with Crippen LogP contribution in [0.3, 0.4) is 0 Å². The van der Waals surface area contributed by atoms with Crippen molar-refractivity contribution in [2.75, 3.05) is 13.2 Å². The average molecular weight is 333 g/mol. The Kier molecular flexibility index (Phi) is 6.31. The number of carbonyl (C=O) groups excluding carboxylic acids is 2. The molecule has 0 saturated carbocycles. The van der Waals surface area contributed by atoms with Crippen LogP contribution in [-0.4, -0.2) is 25.2 Å². The molecule has 1 atom stereocenters. The molecule has 0 fully saturated rings. The third-order valence-corrected chi connectivity index (χ3v) is 4.30. The molecule has 23 heavy (non-hydrogen) atoms. The van der Waals surface area contributed by atoms with Crippen LogP contribution in [-0.2, 0) is 9.53 Å². The van der Waals surface area contributed by atoms with Crippen LogP contribution in [0.25, 0.3) is 0 Å². The number of benzene rings is 1. The number of hydrogen-bond donors (Lipinski definition) is 2. The van der Waals surface area contributed by atoms with E-state index in [0.29, 0.717) is 0 Å². The van der Waals surface area contributed by atoms with Gasteiger partial charge in [0.15, 0.2) is 6.54 Å². The summed E-state index contributed by atoms with van der Waals surface area (Å²) < 4.78 is 4.71. The van der Waals surface area contributed by atoms with Crippen molar-refractivity contribution in [3.8, 4) is 0 Å². The highest BCUT2D eigenvalue weighted by atomic mass is 32.1. The molecule has 3 N–H and O–H groups in total. The normalized spacial score (nSPS) is 11.7. The molecule has 0 saturated heterocycles. The molecular formula is C17H21N2O3S+. The van der Waals surface area contributed by atoms with Gasteiger partial charge in [0.1, 0.15) is 6.04 Å². The maximum Gasteiger partial charge on any atom is 0.414 e. The Morgan fingerprint density at radius 2 is 2.00 bits per heavy atom. The smallest absolute Gasteiger partial charge is 0.414 e. The minimum absolute atomic E-state index is 0.0311. The van der Waals surface area contributed by atoms with Gasteiger partial charge in [-0.25, -0.2) is 4.79 Å². The van der Waals surface area contributed by atoms with Crippen LogP contribution < -0.4 is 10.6 Å². The number of ether oxygens (including phenoxy) is 1. The molecule has 0 unspecified atom stereocenters. The number of quaternary nitrogens is 1. The highest BCUT2D eigenvalue weighted by Crippen LogP contribution is 2.22. The first-order valence-corrected chi connectivity index (χ1v) is 8.38. The number of aryl methyl sites for hydroxylation is 1. The molecular weight excluding hydrogens is 312 g/mol. The van der Waals surface area contributed by atoms with Crippen LogP contribution in [0, 0.1) is 6.92 Å². The van der Waals surface area contributed by atoms with Gasteiger partial charge < -0.3 is 10.1 Å². The Bertz CT molecular complexity index is 638. The van der Waals surface area contributed by atoms with E-state index in [1.54, 1.807) is 18.3 Å². The fourth-order valence-electron chi connectivity index (χ4n) is 2.22. The summed E-state index contributed by atoms with van der Waals surface area (Å²) >= 11 is 1.65. The first-order chi connectivity index (χ1) is 11.1. The Hall–Kier alpha value is -2.18. The number of carbonyl (C=O) groups is 2. The van der Waals surface area contributed by atoms with Gasteiger partial charge in [-0.1, -0.05) is 35.9 Å². The Morgan fingerprint density at radius 1 is 1.26 bits per heavy atom. The molecule has 1 heterocycles. The number of thiophene rings is 1. The van der Waals surface area contributed by atoms with E-state index in [4.69, 9.17) is 4.74 Å². The van der Waals surface area contributed by atoms with Gasteiger partial charge in [-0.05, 0) is 25.3 Å². The SMILES string of the molecule is CCOC(=O)NC(=O)C[NH2+][C@@H](c1ccc(C)cc1)c1cccs1. The summed E-state index contributed by atoms with van der Waals surface area (Å²) in [6, 6.07) is 12.3. The summed E-state index contributed by atoms with van der Waals surface area (Å²) in [4.78, 5) is 24.3. The van der Waals surface area contributed by atoms with Crippen molar-refractivity contribution >= 4 is 23.3 Å². The van der Waals surface area contributed by atoms with Crippen LogP contribution in [0.1, 0.15) is 29.0 Å². The first-order valence-electron chi connectivity index (χ1n) is 7.50. The van der Waals surface area contributed by atoms with E-state index in [-0.39, 0.29) is 25.1 Å². The fraction of sp³-hybridized carbons (Fsp3) is 0.294. The molecule has 0 bridgehead atoms.